The number of benzene rings is 1. The Morgan fingerprint density at radius 1 is 1.43 bits per heavy atom. The van der Waals surface area contributed by atoms with Gasteiger partial charge in [0.15, 0.2) is 11.6 Å². The Kier molecular flexibility index (Phi) is 2.16. The molecule has 76 valence electrons. The normalized spacial score (nSPS) is 15.0. The van der Waals surface area contributed by atoms with Gasteiger partial charge in [-0.15, -0.1) is 0 Å². The molecule has 1 heterocycles. The summed E-state index contributed by atoms with van der Waals surface area (Å²) in [6.45, 7) is 0.373. The van der Waals surface area contributed by atoms with E-state index in [1.54, 1.807) is 0 Å². The summed E-state index contributed by atoms with van der Waals surface area (Å²) in [4.78, 5) is -0.221. The van der Waals surface area contributed by atoms with E-state index in [4.69, 9.17) is 15.4 Å². The summed E-state index contributed by atoms with van der Waals surface area (Å²) in [7, 11) is 1.23. The van der Waals surface area contributed by atoms with Crippen LogP contribution < -0.4 is 4.74 Å². The molecule has 0 spiro atoms. The van der Waals surface area contributed by atoms with Gasteiger partial charge in [-0.25, -0.2) is 12.8 Å². The zero-order valence-corrected chi connectivity index (χ0v) is 8.53. The van der Waals surface area contributed by atoms with Gasteiger partial charge in [0.2, 0.25) is 0 Å². The third-order valence-corrected chi connectivity index (χ3v) is 3.33. The maximum absolute atomic E-state index is 13.2. The van der Waals surface area contributed by atoms with Crippen molar-refractivity contribution < 1.29 is 17.5 Å². The lowest BCUT2D eigenvalue weighted by Gasteiger charge is -2.02. The highest BCUT2D eigenvalue weighted by molar-refractivity contribution is 8.13. The zero-order chi connectivity index (χ0) is 10.3. The monoisotopic (exact) mass is 236 g/mol. The molecule has 14 heavy (non-hydrogen) atoms. The van der Waals surface area contributed by atoms with E-state index in [0.29, 0.717) is 18.6 Å². The molecule has 0 aliphatic carbocycles. The molecule has 0 N–H and O–H groups in total. The summed E-state index contributed by atoms with van der Waals surface area (Å²) < 4.78 is 40.1. The Balaban J connectivity index is 2.64. The largest absolute Gasteiger partial charge is 0.490 e. The number of halogens is 2. The van der Waals surface area contributed by atoms with E-state index >= 15 is 0 Å². The van der Waals surface area contributed by atoms with Gasteiger partial charge in [0.25, 0.3) is 9.05 Å². The molecule has 6 heteroatoms. The molecule has 0 amide bonds. The first-order valence-electron chi connectivity index (χ1n) is 3.88. The molecular weight excluding hydrogens is 231 g/mol. The summed E-state index contributed by atoms with van der Waals surface area (Å²) in [5, 5.41) is 0. The van der Waals surface area contributed by atoms with Gasteiger partial charge in [0, 0.05) is 22.7 Å². The van der Waals surface area contributed by atoms with Gasteiger partial charge in [0.1, 0.15) is 0 Å². The van der Waals surface area contributed by atoms with Crippen LogP contribution in [0, 0.1) is 5.82 Å². The highest BCUT2D eigenvalue weighted by atomic mass is 35.7. The first-order chi connectivity index (χ1) is 6.48. The van der Waals surface area contributed by atoms with E-state index in [1.165, 1.54) is 6.07 Å². The highest BCUT2D eigenvalue weighted by Gasteiger charge is 2.21. The van der Waals surface area contributed by atoms with E-state index < -0.39 is 14.9 Å². The Hall–Kier alpha value is -0.810. The van der Waals surface area contributed by atoms with Crippen molar-refractivity contribution in [3.05, 3.63) is 23.5 Å². The van der Waals surface area contributed by atoms with Crippen molar-refractivity contribution >= 4 is 19.7 Å². The Morgan fingerprint density at radius 3 is 2.79 bits per heavy atom. The molecule has 0 saturated carbocycles. The quantitative estimate of drug-likeness (QED) is 0.697. The van der Waals surface area contributed by atoms with Crippen molar-refractivity contribution in [3.8, 4) is 5.75 Å². The van der Waals surface area contributed by atoms with Crippen LogP contribution in [0.15, 0.2) is 17.0 Å². The number of hydrogen-bond acceptors (Lipinski definition) is 3. The van der Waals surface area contributed by atoms with E-state index in [9.17, 15) is 12.8 Å². The predicted molar refractivity (Wildman–Crippen MR) is 48.6 cm³/mol. The second-order valence-electron chi connectivity index (χ2n) is 2.93. The predicted octanol–water partition coefficient (Wildman–Crippen LogP) is 1.69. The van der Waals surface area contributed by atoms with Crippen molar-refractivity contribution in [3.63, 3.8) is 0 Å². The van der Waals surface area contributed by atoms with Crippen molar-refractivity contribution in [1.82, 2.24) is 0 Å². The first-order valence-corrected chi connectivity index (χ1v) is 6.19. The van der Waals surface area contributed by atoms with Crippen LogP contribution in [0.5, 0.6) is 5.75 Å². The summed E-state index contributed by atoms with van der Waals surface area (Å²) in [6, 6.07) is 2.21. The summed E-state index contributed by atoms with van der Waals surface area (Å²) in [5.41, 5.74) is 0.546. The van der Waals surface area contributed by atoms with Gasteiger partial charge >= 0.3 is 0 Å². The van der Waals surface area contributed by atoms with Crippen LogP contribution in [-0.4, -0.2) is 15.0 Å². The number of fused-ring (bicyclic) bond motifs is 1. The molecule has 0 unspecified atom stereocenters. The lowest BCUT2D eigenvalue weighted by atomic mass is 10.2. The molecule has 0 atom stereocenters. The standard InChI is InChI=1S/C8H6ClFO3S/c9-14(11,12)6-3-5-1-2-13-8(5)7(10)4-6/h3-4H,1-2H2. The van der Waals surface area contributed by atoms with Crippen LogP contribution in [0.25, 0.3) is 0 Å². The molecule has 0 bridgehead atoms. The van der Waals surface area contributed by atoms with Gasteiger partial charge < -0.3 is 4.74 Å². The van der Waals surface area contributed by atoms with Crippen molar-refractivity contribution in [2.45, 2.75) is 11.3 Å². The molecule has 2 rings (SSSR count). The van der Waals surface area contributed by atoms with E-state index in [0.717, 1.165) is 6.07 Å². The minimum absolute atomic E-state index is 0.133. The fourth-order valence-corrected chi connectivity index (χ4v) is 2.17. The van der Waals surface area contributed by atoms with E-state index in [2.05, 4.69) is 0 Å². The zero-order valence-electron chi connectivity index (χ0n) is 6.96. The Morgan fingerprint density at radius 2 is 2.14 bits per heavy atom. The average Bonchev–Trinajstić information content (AvgIpc) is 2.50. The second-order valence-corrected chi connectivity index (χ2v) is 5.50. The third kappa shape index (κ3) is 1.57. The van der Waals surface area contributed by atoms with Crippen LogP contribution in [-0.2, 0) is 15.5 Å². The topological polar surface area (TPSA) is 43.4 Å². The average molecular weight is 237 g/mol. The van der Waals surface area contributed by atoms with Crippen LogP contribution in [0.3, 0.4) is 0 Å². The molecule has 0 saturated heterocycles. The lowest BCUT2D eigenvalue weighted by molar-refractivity contribution is 0.339. The lowest BCUT2D eigenvalue weighted by Crippen LogP contribution is -1.94. The van der Waals surface area contributed by atoms with Crippen LogP contribution in [0.4, 0.5) is 4.39 Å². The van der Waals surface area contributed by atoms with E-state index in [-0.39, 0.29) is 10.6 Å². The van der Waals surface area contributed by atoms with Gasteiger partial charge in [-0.3, -0.25) is 0 Å². The minimum Gasteiger partial charge on any atom is -0.490 e. The van der Waals surface area contributed by atoms with Gasteiger partial charge in [-0.1, -0.05) is 0 Å². The summed E-state index contributed by atoms with van der Waals surface area (Å²) in [5.74, 6) is -0.548. The van der Waals surface area contributed by atoms with Crippen LogP contribution in [0.1, 0.15) is 5.56 Å². The summed E-state index contributed by atoms with van der Waals surface area (Å²) >= 11 is 0. The summed E-state index contributed by atoms with van der Waals surface area (Å²) in [6.07, 6.45) is 0.506. The van der Waals surface area contributed by atoms with Crippen molar-refractivity contribution in [2.24, 2.45) is 0 Å². The SMILES string of the molecule is O=S(=O)(Cl)c1cc(F)c2c(c1)CCO2. The van der Waals surface area contributed by atoms with Crippen molar-refractivity contribution in [1.29, 1.82) is 0 Å². The number of hydrogen-bond donors (Lipinski definition) is 0. The minimum atomic E-state index is -3.87. The molecule has 1 aromatic rings. The second kappa shape index (κ2) is 3.10. The van der Waals surface area contributed by atoms with Gasteiger partial charge in [0.05, 0.1) is 11.5 Å². The number of ether oxygens (including phenoxy) is 1. The third-order valence-electron chi connectivity index (χ3n) is 1.99. The molecule has 0 aromatic heterocycles. The Labute approximate surface area is 84.9 Å². The fraction of sp³-hybridized carbons (Fsp3) is 0.250. The Bertz CT molecular complexity index is 484. The molecule has 1 aromatic carbocycles. The van der Waals surface area contributed by atoms with Gasteiger partial charge in [-0.2, -0.15) is 0 Å². The fourth-order valence-electron chi connectivity index (χ4n) is 1.37. The maximum atomic E-state index is 13.2. The van der Waals surface area contributed by atoms with Gasteiger partial charge in [-0.05, 0) is 12.1 Å². The molecule has 1 aliphatic rings. The highest BCUT2D eigenvalue weighted by Crippen LogP contribution is 2.32. The van der Waals surface area contributed by atoms with Crippen LogP contribution in [0.2, 0.25) is 0 Å². The van der Waals surface area contributed by atoms with Crippen molar-refractivity contribution in [2.75, 3.05) is 6.61 Å². The number of rotatable bonds is 1. The smallest absolute Gasteiger partial charge is 0.261 e. The molecule has 0 radical (unpaired) electrons. The first kappa shape index (κ1) is 9.73. The van der Waals surface area contributed by atoms with E-state index in [1.807, 2.05) is 0 Å². The van der Waals surface area contributed by atoms with Crippen LogP contribution >= 0.6 is 10.7 Å². The molecule has 0 fully saturated rings. The molecule has 3 nitrogen and oxygen atoms in total. The molecular formula is C8H6ClFO3S. The maximum Gasteiger partial charge on any atom is 0.261 e. The molecule has 1 aliphatic heterocycles.